The van der Waals surface area contributed by atoms with Crippen LogP contribution < -0.4 is 0 Å². The van der Waals surface area contributed by atoms with Crippen molar-refractivity contribution in [3.8, 4) is 0 Å². The van der Waals surface area contributed by atoms with Crippen molar-refractivity contribution in [1.29, 1.82) is 0 Å². The predicted octanol–water partition coefficient (Wildman–Crippen LogP) is 4.54. The van der Waals surface area contributed by atoms with Crippen LogP contribution >= 0.6 is 23.2 Å². The second kappa shape index (κ2) is 7.65. The quantitative estimate of drug-likeness (QED) is 0.761. The highest BCUT2D eigenvalue weighted by molar-refractivity contribution is 6.42. The lowest BCUT2D eigenvalue weighted by molar-refractivity contribution is 0.140. The van der Waals surface area contributed by atoms with Gasteiger partial charge in [0.25, 0.3) is 0 Å². The molecule has 0 heterocycles. The summed E-state index contributed by atoms with van der Waals surface area (Å²) in [5.41, 5.74) is 0.738. The lowest BCUT2D eigenvalue weighted by Crippen LogP contribution is -2.29. The van der Waals surface area contributed by atoms with Crippen molar-refractivity contribution in [2.75, 3.05) is 19.6 Å². The number of rotatable bonds is 8. The topological polar surface area (TPSA) is 23.5 Å². The fourth-order valence-electron chi connectivity index (χ4n) is 2.51. The number of nitrogens with zero attached hydrogens (tertiary/aromatic N) is 1. The van der Waals surface area contributed by atoms with Crippen molar-refractivity contribution >= 4 is 23.2 Å². The van der Waals surface area contributed by atoms with E-state index in [1.165, 1.54) is 19.4 Å². The molecule has 1 aliphatic carbocycles. The van der Waals surface area contributed by atoms with Crippen molar-refractivity contribution in [3.05, 3.63) is 33.8 Å². The SMILES string of the molecule is CCCN(CCC(O)c1cccc(Cl)c1Cl)CC1CC1. The first-order valence-electron chi connectivity index (χ1n) is 7.46. The average molecular weight is 316 g/mol. The summed E-state index contributed by atoms with van der Waals surface area (Å²) in [5, 5.41) is 11.3. The minimum atomic E-state index is -0.542. The van der Waals surface area contributed by atoms with E-state index in [0.717, 1.165) is 31.0 Å². The molecule has 0 aliphatic heterocycles. The highest BCUT2D eigenvalue weighted by Gasteiger charge is 2.24. The van der Waals surface area contributed by atoms with Crippen molar-refractivity contribution < 1.29 is 5.11 Å². The molecule has 20 heavy (non-hydrogen) atoms. The third-order valence-electron chi connectivity index (χ3n) is 3.81. The van der Waals surface area contributed by atoms with E-state index in [9.17, 15) is 5.11 Å². The standard InChI is InChI=1S/C16H23Cl2NO/c1-2-9-19(11-12-6-7-12)10-8-15(20)13-4-3-5-14(17)16(13)18/h3-5,12,15,20H,2,6-11H2,1H3. The number of aliphatic hydroxyl groups is 1. The monoisotopic (exact) mass is 315 g/mol. The summed E-state index contributed by atoms with van der Waals surface area (Å²) in [6.45, 7) is 5.38. The smallest absolute Gasteiger partial charge is 0.0817 e. The third-order valence-corrected chi connectivity index (χ3v) is 4.65. The van der Waals surface area contributed by atoms with Crippen LogP contribution in [0.2, 0.25) is 10.0 Å². The van der Waals surface area contributed by atoms with Crippen molar-refractivity contribution in [2.24, 2.45) is 5.92 Å². The zero-order valence-electron chi connectivity index (χ0n) is 12.0. The molecule has 0 aromatic heterocycles. The summed E-state index contributed by atoms with van der Waals surface area (Å²) in [5.74, 6) is 0.883. The Balaban J connectivity index is 1.88. The summed E-state index contributed by atoms with van der Waals surface area (Å²) in [6.07, 6.45) is 4.04. The Morgan fingerprint density at radius 2 is 2.05 bits per heavy atom. The molecule has 0 radical (unpaired) electrons. The Hall–Kier alpha value is -0.280. The first kappa shape index (κ1) is 16.1. The van der Waals surface area contributed by atoms with Crippen LogP contribution in [0.5, 0.6) is 0 Å². The van der Waals surface area contributed by atoms with Crippen LogP contribution in [0.3, 0.4) is 0 Å². The fourth-order valence-corrected chi connectivity index (χ4v) is 2.95. The summed E-state index contributed by atoms with van der Waals surface area (Å²) in [4.78, 5) is 2.46. The lowest BCUT2D eigenvalue weighted by Gasteiger charge is -2.23. The highest BCUT2D eigenvalue weighted by Crippen LogP contribution is 2.32. The molecule has 0 bridgehead atoms. The van der Waals surface area contributed by atoms with Crippen molar-refractivity contribution in [2.45, 2.75) is 38.7 Å². The molecule has 2 nitrogen and oxygen atoms in total. The van der Waals surface area contributed by atoms with E-state index in [0.29, 0.717) is 16.5 Å². The fraction of sp³-hybridized carbons (Fsp3) is 0.625. The Morgan fingerprint density at radius 3 is 2.70 bits per heavy atom. The van der Waals surface area contributed by atoms with Crippen LogP contribution in [0.4, 0.5) is 0 Å². The molecule has 4 heteroatoms. The Kier molecular flexibility index (Phi) is 6.16. The van der Waals surface area contributed by atoms with Gasteiger partial charge in [0, 0.05) is 18.7 Å². The van der Waals surface area contributed by atoms with E-state index in [1.807, 2.05) is 12.1 Å². The first-order valence-corrected chi connectivity index (χ1v) is 8.21. The van der Waals surface area contributed by atoms with Gasteiger partial charge in [0.15, 0.2) is 0 Å². The number of halogens is 2. The summed E-state index contributed by atoms with van der Waals surface area (Å²) in [6, 6.07) is 5.43. The molecule has 2 rings (SSSR count). The minimum absolute atomic E-state index is 0.478. The van der Waals surface area contributed by atoms with Crippen LogP contribution in [0, 0.1) is 5.92 Å². The number of aliphatic hydroxyl groups excluding tert-OH is 1. The molecule has 1 aliphatic rings. The zero-order valence-corrected chi connectivity index (χ0v) is 13.5. The van der Waals surface area contributed by atoms with Gasteiger partial charge in [-0.3, -0.25) is 0 Å². The van der Waals surface area contributed by atoms with Gasteiger partial charge in [0.05, 0.1) is 16.1 Å². The van der Waals surface area contributed by atoms with E-state index in [4.69, 9.17) is 23.2 Å². The molecular formula is C16H23Cl2NO. The second-order valence-electron chi connectivity index (χ2n) is 5.69. The maximum atomic E-state index is 10.3. The normalized spacial score (nSPS) is 16.6. The summed E-state index contributed by atoms with van der Waals surface area (Å²) in [7, 11) is 0. The summed E-state index contributed by atoms with van der Waals surface area (Å²) >= 11 is 12.1. The van der Waals surface area contributed by atoms with Gasteiger partial charge >= 0.3 is 0 Å². The van der Waals surface area contributed by atoms with Crippen molar-refractivity contribution in [1.82, 2.24) is 4.90 Å². The Labute approximate surface area is 131 Å². The van der Waals surface area contributed by atoms with Crippen molar-refractivity contribution in [3.63, 3.8) is 0 Å². The third kappa shape index (κ3) is 4.63. The lowest BCUT2D eigenvalue weighted by atomic mass is 10.1. The largest absolute Gasteiger partial charge is 0.388 e. The predicted molar refractivity (Wildman–Crippen MR) is 85.5 cm³/mol. The van der Waals surface area contributed by atoms with E-state index in [-0.39, 0.29) is 0 Å². The molecule has 1 atom stereocenters. The summed E-state index contributed by atoms with van der Waals surface area (Å²) < 4.78 is 0. The van der Waals surface area contributed by atoms with Crippen LogP contribution in [-0.4, -0.2) is 29.6 Å². The second-order valence-corrected chi connectivity index (χ2v) is 6.48. The van der Waals surface area contributed by atoms with E-state index in [2.05, 4.69) is 11.8 Å². The Bertz CT molecular complexity index is 434. The van der Waals surface area contributed by atoms with Gasteiger partial charge in [0.1, 0.15) is 0 Å². The molecule has 0 saturated heterocycles. The Morgan fingerprint density at radius 1 is 1.30 bits per heavy atom. The molecule has 112 valence electrons. The molecule has 1 saturated carbocycles. The van der Waals surface area contributed by atoms with E-state index in [1.54, 1.807) is 6.07 Å². The van der Waals surface area contributed by atoms with Gasteiger partial charge in [0.2, 0.25) is 0 Å². The van der Waals surface area contributed by atoms with Gasteiger partial charge < -0.3 is 10.0 Å². The van der Waals surface area contributed by atoms with Gasteiger partial charge in [-0.2, -0.15) is 0 Å². The van der Waals surface area contributed by atoms with Gasteiger partial charge in [-0.25, -0.2) is 0 Å². The number of benzene rings is 1. The molecule has 1 N–H and O–H groups in total. The average Bonchev–Trinajstić information content (AvgIpc) is 3.23. The molecule has 1 aromatic carbocycles. The first-order chi connectivity index (χ1) is 9.61. The molecule has 1 unspecified atom stereocenters. The number of hydrogen-bond acceptors (Lipinski definition) is 2. The van der Waals surface area contributed by atoms with E-state index >= 15 is 0 Å². The number of hydrogen-bond donors (Lipinski definition) is 1. The maximum absolute atomic E-state index is 10.3. The van der Waals surface area contributed by atoms with Gasteiger partial charge in [-0.1, -0.05) is 42.3 Å². The zero-order chi connectivity index (χ0) is 14.5. The van der Waals surface area contributed by atoms with Crippen LogP contribution in [0.15, 0.2) is 18.2 Å². The van der Waals surface area contributed by atoms with Crippen LogP contribution in [-0.2, 0) is 0 Å². The minimum Gasteiger partial charge on any atom is -0.388 e. The maximum Gasteiger partial charge on any atom is 0.0817 e. The molecule has 1 aromatic rings. The van der Waals surface area contributed by atoms with Gasteiger partial charge in [-0.05, 0) is 44.2 Å². The van der Waals surface area contributed by atoms with Crippen LogP contribution in [0.25, 0.3) is 0 Å². The highest BCUT2D eigenvalue weighted by atomic mass is 35.5. The molecule has 0 spiro atoms. The molecular weight excluding hydrogens is 293 g/mol. The van der Waals surface area contributed by atoms with E-state index < -0.39 is 6.10 Å². The molecule has 0 amide bonds. The van der Waals surface area contributed by atoms with Crippen LogP contribution in [0.1, 0.15) is 44.3 Å². The molecule has 1 fully saturated rings. The van der Waals surface area contributed by atoms with Gasteiger partial charge in [-0.15, -0.1) is 0 Å².